The Bertz CT molecular complexity index is 610. The van der Waals surface area contributed by atoms with Gasteiger partial charge in [0, 0.05) is 7.05 Å². The van der Waals surface area contributed by atoms with Gasteiger partial charge in [0.25, 0.3) is 0 Å². The second-order valence-corrected chi connectivity index (χ2v) is 3.69. The number of hydrogen-bond acceptors (Lipinski definition) is 4. The van der Waals surface area contributed by atoms with Gasteiger partial charge in [-0.1, -0.05) is 30.3 Å². The first-order valence-electron chi connectivity index (χ1n) is 5.58. The number of carbonyl (C=O) groups is 1. The monoisotopic (exact) mass is 247 g/mol. The van der Waals surface area contributed by atoms with Crippen LogP contribution in [0.1, 0.15) is 17.4 Å². The molecule has 2 aromatic rings. The van der Waals surface area contributed by atoms with Gasteiger partial charge in [-0.3, -0.25) is 0 Å². The Kier molecular flexibility index (Phi) is 3.32. The Labute approximate surface area is 104 Å². The fourth-order valence-electron chi connectivity index (χ4n) is 1.76. The Hall–Kier alpha value is -2.30. The molecule has 5 nitrogen and oxygen atoms in total. The molecule has 1 aromatic carbocycles. The predicted molar refractivity (Wildman–Crippen MR) is 65.3 cm³/mol. The number of rotatable bonds is 3. The van der Waals surface area contributed by atoms with Crippen molar-refractivity contribution in [1.82, 2.24) is 4.74 Å². The van der Waals surface area contributed by atoms with Gasteiger partial charge in [-0.2, -0.15) is 0 Å². The van der Waals surface area contributed by atoms with E-state index in [2.05, 4.69) is 0 Å². The lowest BCUT2D eigenvalue weighted by atomic mass is 10.1. The van der Waals surface area contributed by atoms with Crippen molar-refractivity contribution in [2.75, 3.05) is 6.61 Å². The third kappa shape index (κ3) is 2.07. The molecule has 5 heteroatoms. The van der Waals surface area contributed by atoms with Gasteiger partial charge in [-0.05, 0) is 12.5 Å². The SMILES string of the molecule is CCOC(=O)c1c(-c2ccccc2)c(=O)on1C. The average Bonchev–Trinajstić information content (AvgIpc) is 2.65. The Morgan fingerprint density at radius 1 is 1.33 bits per heavy atom. The summed E-state index contributed by atoms with van der Waals surface area (Å²) in [4.78, 5) is 23.6. The van der Waals surface area contributed by atoms with Crippen LogP contribution in [-0.2, 0) is 11.8 Å². The summed E-state index contributed by atoms with van der Waals surface area (Å²) in [6.45, 7) is 1.95. The summed E-state index contributed by atoms with van der Waals surface area (Å²) in [5.74, 6) is -0.565. The van der Waals surface area contributed by atoms with Crippen LogP contribution in [-0.4, -0.2) is 17.3 Å². The molecule has 0 amide bonds. The van der Waals surface area contributed by atoms with E-state index in [0.29, 0.717) is 5.56 Å². The smallest absolute Gasteiger partial charge is 0.366 e. The maximum Gasteiger partial charge on any atom is 0.366 e. The lowest BCUT2D eigenvalue weighted by Crippen LogP contribution is -2.11. The Morgan fingerprint density at radius 3 is 2.61 bits per heavy atom. The van der Waals surface area contributed by atoms with E-state index < -0.39 is 11.6 Å². The van der Waals surface area contributed by atoms with Gasteiger partial charge in [0.05, 0.1) is 6.61 Å². The first-order valence-corrected chi connectivity index (χ1v) is 5.58. The van der Waals surface area contributed by atoms with Crippen LogP contribution < -0.4 is 5.63 Å². The molecule has 0 aliphatic heterocycles. The van der Waals surface area contributed by atoms with Crippen molar-refractivity contribution in [3.05, 3.63) is 46.4 Å². The second kappa shape index (κ2) is 4.91. The van der Waals surface area contributed by atoms with Crippen molar-refractivity contribution in [3.8, 4) is 11.1 Å². The predicted octanol–water partition coefficient (Wildman–Crippen LogP) is 1.82. The van der Waals surface area contributed by atoms with Crippen LogP contribution in [0.3, 0.4) is 0 Å². The average molecular weight is 247 g/mol. The number of carbonyl (C=O) groups excluding carboxylic acids is 1. The zero-order chi connectivity index (χ0) is 13.1. The number of hydrogen-bond donors (Lipinski definition) is 0. The fraction of sp³-hybridized carbons (Fsp3) is 0.231. The molecule has 0 spiro atoms. The second-order valence-electron chi connectivity index (χ2n) is 3.69. The lowest BCUT2D eigenvalue weighted by Gasteiger charge is -2.03. The molecule has 18 heavy (non-hydrogen) atoms. The number of benzene rings is 1. The van der Waals surface area contributed by atoms with Crippen LogP contribution in [0.4, 0.5) is 0 Å². The molecule has 0 aliphatic rings. The van der Waals surface area contributed by atoms with E-state index in [-0.39, 0.29) is 17.9 Å². The van der Waals surface area contributed by atoms with Gasteiger partial charge in [0.2, 0.25) is 0 Å². The summed E-state index contributed by atoms with van der Waals surface area (Å²) in [5, 5.41) is 0. The van der Waals surface area contributed by atoms with E-state index in [0.717, 1.165) is 4.74 Å². The molecular weight excluding hydrogens is 234 g/mol. The highest BCUT2D eigenvalue weighted by molar-refractivity contribution is 5.95. The van der Waals surface area contributed by atoms with Gasteiger partial charge < -0.3 is 9.26 Å². The van der Waals surface area contributed by atoms with Crippen LogP contribution in [0.2, 0.25) is 0 Å². The van der Waals surface area contributed by atoms with E-state index >= 15 is 0 Å². The first-order chi connectivity index (χ1) is 8.65. The highest BCUT2D eigenvalue weighted by Gasteiger charge is 2.24. The van der Waals surface area contributed by atoms with Gasteiger partial charge in [-0.15, -0.1) is 0 Å². The summed E-state index contributed by atoms with van der Waals surface area (Å²) in [5.41, 5.74) is 0.450. The fourth-order valence-corrected chi connectivity index (χ4v) is 1.76. The topological polar surface area (TPSA) is 61.4 Å². The van der Waals surface area contributed by atoms with Crippen LogP contribution in [0.5, 0.6) is 0 Å². The highest BCUT2D eigenvalue weighted by atomic mass is 16.5. The molecule has 0 bridgehead atoms. The molecule has 1 heterocycles. The molecule has 0 unspecified atom stereocenters. The molecule has 0 saturated carbocycles. The summed E-state index contributed by atoms with van der Waals surface area (Å²) in [6.07, 6.45) is 0. The lowest BCUT2D eigenvalue weighted by molar-refractivity contribution is 0.0502. The Morgan fingerprint density at radius 2 is 2.00 bits per heavy atom. The van der Waals surface area contributed by atoms with Crippen molar-refractivity contribution < 1.29 is 14.1 Å². The molecule has 0 saturated heterocycles. The summed E-state index contributed by atoms with van der Waals surface area (Å²) in [6, 6.07) is 8.90. The van der Waals surface area contributed by atoms with Crippen molar-refractivity contribution in [3.63, 3.8) is 0 Å². The van der Waals surface area contributed by atoms with Crippen LogP contribution in [0.15, 0.2) is 39.6 Å². The molecule has 1 aromatic heterocycles. The van der Waals surface area contributed by atoms with E-state index in [1.54, 1.807) is 31.2 Å². The normalized spacial score (nSPS) is 10.3. The van der Waals surface area contributed by atoms with Gasteiger partial charge in [0.15, 0.2) is 5.69 Å². The zero-order valence-electron chi connectivity index (χ0n) is 10.2. The van der Waals surface area contributed by atoms with Gasteiger partial charge in [0.1, 0.15) is 5.56 Å². The van der Waals surface area contributed by atoms with E-state index in [1.807, 2.05) is 6.07 Å². The molecular formula is C13H13NO4. The molecule has 0 radical (unpaired) electrons. The zero-order valence-corrected chi connectivity index (χ0v) is 10.2. The third-order valence-corrected chi connectivity index (χ3v) is 2.51. The molecule has 0 fully saturated rings. The first kappa shape index (κ1) is 12.2. The highest BCUT2D eigenvalue weighted by Crippen LogP contribution is 2.20. The molecule has 0 aliphatic carbocycles. The minimum absolute atomic E-state index is 0.132. The van der Waals surface area contributed by atoms with Gasteiger partial charge in [-0.25, -0.2) is 14.3 Å². The van der Waals surface area contributed by atoms with Crippen LogP contribution in [0.25, 0.3) is 11.1 Å². The quantitative estimate of drug-likeness (QED) is 0.776. The molecule has 0 N–H and O–H groups in total. The maximum atomic E-state index is 11.8. The van der Waals surface area contributed by atoms with E-state index in [9.17, 15) is 9.59 Å². The Balaban J connectivity index is 2.61. The van der Waals surface area contributed by atoms with Crippen molar-refractivity contribution in [2.24, 2.45) is 7.05 Å². The summed E-state index contributed by atoms with van der Waals surface area (Å²) in [7, 11) is 1.50. The minimum atomic E-state index is -0.565. The minimum Gasteiger partial charge on any atom is -0.461 e. The number of aryl methyl sites for hydroxylation is 1. The summed E-state index contributed by atoms with van der Waals surface area (Å²) >= 11 is 0. The van der Waals surface area contributed by atoms with E-state index in [1.165, 1.54) is 7.05 Å². The van der Waals surface area contributed by atoms with E-state index in [4.69, 9.17) is 9.26 Å². The maximum absolute atomic E-state index is 11.8. The molecule has 94 valence electrons. The largest absolute Gasteiger partial charge is 0.461 e. The van der Waals surface area contributed by atoms with Crippen molar-refractivity contribution >= 4 is 5.97 Å². The molecule has 0 atom stereocenters. The van der Waals surface area contributed by atoms with Gasteiger partial charge >= 0.3 is 11.6 Å². The third-order valence-electron chi connectivity index (χ3n) is 2.51. The van der Waals surface area contributed by atoms with Crippen LogP contribution >= 0.6 is 0 Å². The molecule has 2 rings (SSSR count). The van der Waals surface area contributed by atoms with Crippen molar-refractivity contribution in [1.29, 1.82) is 0 Å². The van der Waals surface area contributed by atoms with Crippen molar-refractivity contribution in [2.45, 2.75) is 6.92 Å². The summed E-state index contributed by atoms with van der Waals surface area (Å²) < 4.78 is 11.0. The number of nitrogens with zero attached hydrogens (tertiary/aromatic N) is 1. The number of esters is 1. The number of aromatic nitrogens is 1. The standard InChI is InChI=1S/C13H13NO4/c1-3-17-13(16)11-10(12(15)18-14(11)2)9-7-5-4-6-8-9/h4-8H,3H2,1-2H3. The number of ether oxygens (including phenoxy) is 1. The van der Waals surface area contributed by atoms with Crippen LogP contribution in [0, 0.1) is 0 Å².